The number of alkyl halides is 3. The number of Topliss-reactive ketones (excluding diaryl/α,β-unsaturated/α-hetero) is 1. The normalized spacial score (nSPS) is 11.1. The minimum Gasteiger partial charge on any atom is -0.378 e. The number of hydrogen-bond donors (Lipinski definition) is 2. The molecule has 0 fully saturated rings. The van der Waals surface area contributed by atoms with Crippen LogP contribution in [0.3, 0.4) is 0 Å². The third-order valence-corrected chi connectivity index (χ3v) is 3.46. The van der Waals surface area contributed by atoms with Crippen LogP contribution in [0.1, 0.15) is 25.3 Å². The Balaban J connectivity index is 2.48. The monoisotopic (exact) mass is 380 g/mol. The molecular formula is C14H16BrF3N2O2. The van der Waals surface area contributed by atoms with E-state index in [0.29, 0.717) is 13.0 Å². The van der Waals surface area contributed by atoms with Gasteiger partial charge in [-0.2, -0.15) is 13.2 Å². The first-order chi connectivity index (χ1) is 10.2. The summed E-state index contributed by atoms with van der Waals surface area (Å²) >= 11 is 2.85. The number of anilines is 1. The highest BCUT2D eigenvalue weighted by Gasteiger charge is 2.33. The molecule has 4 nitrogen and oxygen atoms in total. The van der Waals surface area contributed by atoms with Crippen molar-refractivity contribution in [3.05, 3.63) is 28.2 Å². The number of ketones is 1. The average molecular weight is 381 g/mol. The maximum atomic E-state index is 12.7. The minimum atomic E-state index is -4.46. The Morgan fingerprint density at radius 2 is 1.95 bits per heavy atom. The fourth-order valence-corrected chi connectivity index (χ4v) is 2.16. The van der Waals surface area contributed by atoms with Gasteiger partial charge in [-0.15, -0.1) is 0 Å². The van der Waals surface area contributed by atoms with Gasteiger partial charge in [0, 0.05) is 30.0 Å². The number of hydrogen-bond acceptors (Lipinski definition) is 3. The molecule has 1 aromatic rings. The van der Waals surface area contributed by atoms with E-state index in [1.165, 1.54) is 19.1 Å². The van der Waals surface area contributed by atoms with Gasteiger partial charge in [0.15, 0.2) is 5.78 Å². The third kappa shape index (κ3) is 6.46. The predicted octanol–water partition coefficient (Wildman–Crippen LogP) is 3.37. The summed E-state index contributed by atoms with van der Waals surface area (Å²) in [5, 5.41) is 5.24. The predicted molar refractivity (Wildman–Crippen MR) is 80.6 cm³/mol. The number of amides is 1. The van der Waals surface area contributed by atoms with E-state index in [1.807, 2.05) is 0 Å². The molecule has 1 amide bonds. The smallest absolute Gasteiger partial charge is 0.378 e. The van der Waals surface area contributed by atoms with Crippen LogP contribution in [0.2, 0.25) is 0 Å². The van der Waals surface area contributed by atoms with E-state index in [9.17, 15) is 22.8 Å². The van der Waals surface area contributed by atoms with Crippen LogP contribution in [0, 0.1) is 0 Å². The highest BCUT2D eigenvalue weighted by molar-refractivity contribution is 9.10. The van der Waals surface area contributed by atoms with Gasteiger partial charge >= 0.3 is 6.18 Å². The lowest BCUT2D eigenvalue weighted by Gasteiger charge is -2.12. The lowest BCUT2D eigenvalue weighted by atomic mass is 10.1. The molecule has 0 heterocycles. The van der Waals surface area contributed by atoms with E-state index in [-0.39, 0.29) is 34.8 Å². The molecule has 1 aromatic carbocycles. The van der Waals surface area contributed by atoms with E-state index >= 15 is 0 Å². The van der Waals surface area contributed by atoms with Crippen LogP contribution in [-0.2, 0) is 15.8 Å². The highest BCUT2D eigenvalue weighted by atomic mass is 79.9. The Labute approximate surface area is 134 Å². The molecule has 122 valence electrons. The van der Waals surface area contributed by atoms with Crippen molar-refractivity contribution in [3.63, 3.8) is 0 Å². The number of carbonyl (C=O) groups excluding carboxylic acids is 2. The maximum absolute atomic E-state index is 12.7. The zero-order valence-corrected chi connectivity index (χ0v) is 13.5. The van der Waals surface area contributed by atoms with Crippen molar-refractivity contribution in [2.75, 3.05) is 18.4 Å². The summed E-state index contributed by atoms with van der Waals surface area (Å²) in [7, 11) is 0. The molecule has 1 rings (SSSR count). The molecular weight excluding hydrogens is 365 g/mol. The zero-order chi connectivity index (χ0) is 16.8. The molecule has 0 aromatic heterocycles. The zero-order valence-electron chi connectivity index (χ0n) is 11.9. The molecule has 0 spiro atoms. The van der Waals surface area contributed by atoms with E-state index in [1.54, 1.807) is 0 Å². The second-order valence-electron chi connectivity index (χ2n) is 4.67. The number of carbonyl (C=O) groups is 2. The standard InChI is InChI=1S/C14H16BrF3N2O2/c1-9(21)19-6-2-3-11(22)8-20-10-4-5-13(15)12(7-10)14(16,17)18/h4-5,7,20H,2-3,6,8H2,1H3,(H,19,21). The first-order valence-electron chi connectivity index (χ1n) is 6.57. The fraction of sp³-hybridized carbons (Fsp3) is 0.429. The molecule has 2 N–H and O–H groups in total. The highest BCUT2D eigenvalue weighted by Crippen LogP contribution is 2.36. The van der Waals surface area contributed by atoms with Crippen LogP contribution in [0.15, 0.2) is 22.7 Å². The van der Waals surface area contributed by atoms with Gasteiger partial charge in [0.05, 0.1) is 12.1 Å². The Morgan fingerprint density at radius 1 is 1.27 bits per heavy atom. The van der Waals surface area contributed by atoms with Crippen LogP contribution < -0.4 is 10.6 Å². The number of halogens is 4. The molecule has 0 aliphatic heterocycles. The van der Waals surface area contributed by atoms with Gasteiger partial charge < -0.3 is 10.6 Å². The van der Waals surface area contributed by atoms with Crippen LogP contribution >= 0.6 is 15.9 Å². The largest absolute Gasteiger partial charge is 0.417 e. The molecule has 22 heavy (non-hydrogen) atoms. The summed E-state index contributed by atoms with van der Waals surface area (Å²) in [6.07, 6.45) is -3.72. The van der Waals surface area contributed by atoms with E-state index in [4.69, 9.17) is 0 Å². The van der Waals surface area contributed by atoms with Crippen molar-refractivity contribution in [1.29, 1.82) is 0 Å². The molecule has 0 saturated heterocycles. The number of benzene rings is 1. The lowest BCUT2D eigenvalue weighted by molar-refractivity contribution is -0.138. The molecule has 0 radical (unpaired) electrons. The Morgan fingerprint density at radius 3 is 2.55 bits per heavy atom. The second kappa shape index (κ2) is 8.17. The molecule has 0 unspecified atom stereocenters. The van der Waals surface area contributed by atoms with E-state index < -0.39 is 11.7 Å². The number of nitrogens with one attached hydrogen (secondary N) is 2. The Kier molecular flexibility index (Phi) is 6.86. The van der Waals surface area contributed by atoms with Crippen molar-refractivity contribution in [2.24, 2.45) is 0 Å². The Hall–Kier alpha value is -1.57. The Bertz CT molecular complexity index is 547. The van der Waals surface area contributed by atoms with Crippen LogP contribution in [0.5, 0.6) is 0 Å². The summed E-state index contributed by atoms with van der Waals surface area (Å²) in [6, 6.07) is 3.70. The average Bonchev–Trinajstić information content (AvgIpc) is 2.41. The van der Waals surface area contributed by atoms with Gasteiger partial charge in [0.2, 0.25) is 5.91 Å². The van der Waals surface area contributed by atoms with Crippen LogP contribution in [0.25, 0.3) is 0 Å². The third-order valence-electron chi connectivity index (χ3n) is 2.77. The summed E-state index contributed by atoms with van der Waals surface area (Å²) in [5.74, 6) is -0.304. The van der Waals surface area contributed by atoms with Gasteiger partial charge in [-0.3, -0.25) is 9.59 Å². The topological polar surface area (TPSA) is 58.2 Å². The maximum Gasteiger partial charge on any atom is 0.417 e. The number of rotatable bonds is 7. The molecule has 8 heteroatoms. The quantitative estimate of drug-likeness (QED) is 0.713. The van der Waals surface area contributed by atoms with Crippen molar-refractivity contribution in [3.8, 4) is 0 Å². The molecule has 0 bridgehead atoms. The van der Waals surface area contributed by atoms with E-state index in [0.717, 1.165) is 6.07 Å². The fourth-order valence-electron chi connectivity index (χ4n) is 1.69. The second-order valence-corrected chi connectivity index (χ2v) is 5.53. The van der Waals surface area contributed by atoms with Crippen LogP contribution in [-0.4, -0.2) is 24.8 Å². The SMILES string of the molecule is CC(=O)NCCCC(=O)CNc1ccc(Br)c(C(F)(F)F)c1. The van der Waals surface area contributed by atoms with E-state index in [2.05, 4.69) is 26.6 Å². The molecule has 0 saturated carbocycles. The van der Waals surface area contributed by atoms with Crippen LogP contribution in [0.4, 0.5) is 18.9 Å². The van der Waals surface area contributed by atoms with Crippen molar-refractivity contribution >= 4 is 33.3 Å². The summed E-state index contributed by atoms with van der Waals surface area (Å²) in [5.41, 5.74) is -0.568. The summed E-state index contributed by atoms with van der Waals surface area (Å²) in [6.45, 7) is 1.73. The molecule has 0 aliphatic carbocycles. The summed E-state index contributed by atoms with van der Waals surface area (Å²) in [4.78, 5) is 22.2. The van der Waals surface area contributed by atoms with Crippen molar-refractivity contribution in [2.45, 2.75) is 25.9 Å². The van der Waals surface area contributed by atoms with Gasteiger partial charge in [-0.05, 0) is 24.6 Å². The van der Waals surface area contributed by atoms with Gasteiger partial charge in [0.1, 0.15) is 0 Å². The molecule has 0 atom stereocenters. The van der Waals surface area contributed by atoms with Gasteiger partial charge in [-0.1, -0.05) is 15.9 Å². The van der Waals surface area contributed by atoms with Crippen molar-refractivity contribution < 1.29 is 22.8 Å². The van der Waals surface area contributed by atoms with Crippen molar-refractivity contribution in [1.82, 2.24) is 5.32 Å². The summed E-state index contributed by atoms with van der Waals surface area (Å²) < 4.78 is 38.2. The van der Waals surface area contributed by atoms with Gasteiger partial charge in [0.25, 0.3) is 0 Å². The minimum absolute atomic E-state index is 0.0489. The first kappa shape index (κ1) is 18.5. The van der Waals surface area contributed by atoms with Gasteiger partial charge in [-0.25, -0.2) is 0 Å². The lowest BCUT2D eigenvalue weighted by Crippen LogP contribution is -2.22. The first-order valence-corrected chi connectivity index (χ1v) is 7.36. The molecule has 0 aliphatic rings.